The minimum atomic E-state index is -0.935. The van der Waals surface area contributed by atoms with Gasteiger partial charge in [-0.25, -0.2) is 14.6 Å². The molecule has 0 bridgehead atoms. The number of carbonyl (C=O) groups is 2. The largest absolute Gasteiger partial charge is 0.480 e. The molecular weight excluding hydrogens is 248 g/mol. The fraction of sp³-hybridized carbons (Fsp3) is 0.583. The van der Waals surface area contributed by atoms with Crippen LogP contribution in [0.3, 0.4) is 0 Å². The molecule has 19 heavy (non-hydrogen) atoms. The van der Waals surface area contributed by atoms with Crippen molar-refractivity contribution in [2.24, 2.45) is 5.92 Å². The number of urea groups is 1. The van der Waals surface area contributed by atoms with E-state index in [1.165, 1.54) is 4.90 Å². The van der Waals surface area contributed by atoms with Crippen LogP contribution < -0.4 is 5.32 Å². The van der Waals surface area contributed by atoms with Crippen molar-refractivity contribution in [3.8, 4) is 0 Å². The average molecular weight is 266 g/mol. The first kappa shape index (κ1) is 13.4. The van der Waals surface area contributed by atoms with E-state index in [1.807, 2.05) is 17.7 Å². The number of hydrogen-bond acceptors (Lipinski definition) is 3. The maximum Gasteiger partial charge on any atom is 0.326 e. The molecule has 1 saturated heterocycles. The van der Waals surface area contributed by atoms with Gasteiger partial charge in [-0.3, -0.25) is 0 Å². The van der Waals surface area contributed by atoms with Crippen LogP contribution in [0.25, 0.3) is 0 Å². The summed E-state index contributed by atoms with van der Waals surface area (Å²) in [6.07, 6.45) is 5.88. The molecule has 7 heteroatoms. The number of likely N-dealkylation sites (tertiary alicyclic amines) is 1. The van der Waals surface area contributed by atoms with E-state index < -0.39 is 12.0 Å². The summed E-state index contributed by atoms with van der Waals surface area (Å²) in [5, 5.41) is 11.9. The zero-order chi connectivity index (χ0) is 13.8. The van der Waals surface area contributed by atoms with Crippen molar-refractivity contribution < 1.29 is 14.7 Å². The quantitative estimate of drug-likeness (QED) is 0.825. The van der Waals surface area contributed by atoms with E-state index in [4.69, 9.17) is 5.11 Å². The van der Waals surface area contributed by atoms with Gasteiger partial charge < -0.3 is 19.9 Å². The van der Waals surface area contributed by atoms with Crippen molar-refractivity contribution in [1.82, 2.24) is 19.8 Å². The molecule has 7 nitrogen and oxygen atoms in total. The summed E-state index contributed by atoms with van der Waals surface area (Å²) in [4.78, 5) is 28.4. The molecule has 1 aromatic rings. The second-order valence-electron chi connectivity index (χ2n) is 4.77. The van der Waals surface area contributed by atoms with E-state index in [0.717, 1.165) is 6.42 Å². The van der Waals surface area contributed by atoms with E-state index in [0.29, 0.717) is 19.6 Å². The highest BCUT2D eigenvalue weighted by atomic mass is 16.4. The summed E-state index contributed by atoms with van der Waals surface area (Å²) in [5.41, 5.74) is 0. The molecule has 2 rings (SSSR count). The van der Waals surface area contributed by atoms with Gasteiger partial charge in [-0.15, -0.1) is 0 Å². The van der Waals surface area contributed by atoms with E-state index in [2.05, 4.69) is 10.3 Å². The fourth-order valence-electron chi connectivity index (χ4n) is 2.36. The van der Waals surface area contributed by atoms with Gasteiger partial charge in [-0.1, -0.05) is 6.92 Å². The molecule has 2 amide bonds. The molecule has 1 fully saturated rings. The van der Waals surface area contributed by atoms with Crippen molar-refractivity contribution in [1.29, 1.82) is 0 Å². The van der Waals surface area contributed by atoms with Gasteiger partial charge in [-0.2, -0.15) is 0 Å². The Morgan fingerprint density at radius 3 is 2.95 bits per heavy atom. The Labute approximate surface area is 111 Å². The summed E-state index contributed by atoms with van der Waals surface area (Å²) < 4.78 is 1.85. The maximum absolute atomic E-state index is 12.0. The van der Waals surface area contributed by atoms with Crippen molar-refractivity contribution in [3.63, 3.8) is 0 Å². The Morgan fingerprint density at radius 1 is 1.53 bits per heavy atom. The van der Waals surface area contributed by atoms with Crippen molar-refractivity contribution in [3.05, 3.63) is 18.7 Å². The highest BCUT2D eigenvalue weighted by Crippen LogP contribution is 2.23. The average Bonchev–Trinajstić information content (AvgIpc) is 2.97. The van der Waals surface area contributed by atoms with Crippen LogP contribution in [0.1, 0.15) is 13.3 Å². The lowest BCUT2D eigenvalue weighted by molar-refractivity contribution is -0.142. The molecule has 0 spiro atoms. The van der Waals surface area contributed by atoms with Crippen molar-refractivity contribution >= 4 is 12.0 Å². The fourth-order valence-corrected chi connectivity index (χ4v) is 2.36. The minimum Gasteiger partial charge on any atom is -0.480 e. The topological polar surface area (TPSA) is 87.5 Å². The standard InChI is InChI=1S/C12H18N4O3/c1-9-2-5-16(10(9)11(17)18)12(19)14-4-7-15-6-3-13-8-15/h3,6,8-10H,2,4-5,7H2,1H3,(H,14,19)(H,17,18). The van der Waals surface area contributed by atoms with Gasteiger partial charge in [0.15, 0.2) is 0 Å². The number of imidazole rings is 1. The van der Waals surface area contributed by atoms with Crippen LogP contribution in [-0.4, -0.2) is 50.7 Å². The van der Waals surface area contributed by atoms with E-state index in [9.17, 15) is 9.59 Å². The van der Waals surface area contributed by atoms with Crippen LogP contribution >= 0.6 is 0 Å². The normalized spacial score (nSPS) is 22.5. The summed E-state index contributed by atoms with van der Waals surface area (Å²) in [6.45, 7) is 3.42. The highest BCUT2D eigenvalue weighted by molar-refractivity contribution is 5.83. The zero-order valence-electron chi connectivity index (χ0n) is 10.8. The first-order valence-corrected chi connectivity index (χ1v) is 6.32. The number of nitrogens with one attached hydrogen (secondary N) is 1. The second kappa shape index (κ2) is 5.73. The lowest BCUT2D eigenvalue weighted by Crippen LogP contribution is -2.48. The van der Waals surface area contributed by atoms with Crippen molar-refractivity contribution in [2.75, 3.05) is 13.1 Å². The Kier molecular flexibility index (Phi) is 4.03. The van der Waals surface area contributed by atoms with Crippen LogP contribution in [0.2, 0.25) is 0 Å². The lowest BCUT2D eigenvalue weighted by Gasteiger charge is -2.23. The van der Waals surface area contributed by atoms with Gasteiger partial charge in [0.05, 0.1) is 6.33 Å². The molecule has 0 radical (unpaired) electrons. The molecule has 0 aliphatic carbocycles. The Morgan fingerprint density at radius 2 is 2.32 bits per heavy atom. The van der Waals surface area contributed by atoms with Crippen LogP contribution in [-0.2, 0) is 11.3 Å². The number of carboxylic acid groups (broad SMARTS) is 1. The third kappa shape index (κ3) is 3.04. The lowest BCUT2D eigenvalue weighted by atomic mass is 10.0. The van der Waals surface area contributed by atoms with Gasteiger partial charge in [0.2, 0.25) is 0 Å². The number of rotatable bonds is 4. The molecule has 104 valence electrons. The van der Waals surface area contributed by atoms with Gasteiger partial charge >= 0.3 is 12.0 Å². The smallest absolute Gasteiger partial charge is 0.326 e. The highest BCUT2D eigenvalue weighted by Gasteiger charge is 2.39. The second-order valence-corrected chi connectivity index (χ2v) is 4.77. The molecular formula is C12H18N4O3. The molecule has 1 aromatic heterocycles. The van der Waals surface area contributed by atoms with Crippen LogP contribution in [0.4, 0.5) is 4.79 Å². The summed E-state index contributed by atoms with van der Waals surface area (Å²) in [6, 6.07) is -1.02. The summed E-state index contributed by atoms with van der Waals surface area (Å²) in [7, 11) is 0. The van der Waals surface area contributed by atoms with Gasteiger partial charge in [0.25, 0.3) is 0 Å². The van der Waals surface area contributed by atoms with Crippen LogP contribution in [0.5, 0.6) is 0 Å². The predicted octanol–water partition coefficient (Wildman–Crippen LogP) is 0.388. The molecule has 2 heterocycles. The number of aromatic nitrogens is 2. The van der Waals surface area contributed by atoms with Gasteiger partial charge in [0, 0.05) is 32.0 Å². The minimum absolute atomic E-state index is 0.00287. The molecule has 1 aliphatic heterocycles. The molecule has 1 aliphatic rings. The SMILES string of the molecule is CC1CCN(C(=O)NCCn2ccnc2)C1C(=O)O. The monoisotopic (exact) mass is 266 g/mol. The van der Waals surface area contributed by atoms with Crippen molar-refractivity contribution in [2.45, 2.75) is 25.9 Å². The predicted molar refractivity (Wildman–Crippen MR) is 67.5 cm³/mol. The Bertz CT molecular complexity index is 446. The van der Waals surface area contributed by atoms with E-state index in [1.54, 1.807) is 12.5 Å². The molecule has 2 unspecified atom stereocenters. The summed E-state index contributed by atoms with van der Waals surface area (Å²) >= 11 is 0. The maximum atomic E-state index is 12.0. The number of aliphatic carboxylic acids is 1. The Hall–Kier alpha value is -2.05. The summed E-state index contributed by atoms with van der Waals surface area (Å²) in [5.74, 6) is -0.938. The van der Waals surface area contributed by atoms with Gasteiger partial charge in [0.1, 0.15) is 6.04 Å². The first-order valence-electron chi connectivity index (χ1n) is 6.32. The van der Waals surface area contributed by atoms with Gasteiger partial charge in [-0.05, 0) is 12.3 Å². The van der Waals surface area contributed by atoms with E-state index >= 15 is 0 Å². The third-order valence-corrected chi connectivity index (χ3v) is 3.42. The zero-order valence-corrected chi connectivity index (χ0v) is 10.8. The molecule has 0 aromatic carbocycles. The van der Waals surface area contributed by atoms with Crippen LogP contribution in [0.15, 0.2) is 18.7 Å². The molecule has 0 saturated carbocycles. The molecule has 2 atom stereocenters. The number of nitrogens with zero attached hydrogens (tertiary/aromatic N) is 3. The van der Waals surface area contributed by atoms with E-state index in [-0.39, 0.29) is 11.9 Å². The third-order valence-electron chi connectivity index (χ3n) is 3.42. The number of amides is 2. The molecule has 2 N–H and O–H groups in total. The first-order chi connectivity index (χ1) is 9.09. The number of carbonyl (C=O) groups excluding carboxylic acids is 1. The number of hydrogen-bond donors (Lipinski definition) is 2. The van der Waals surface area contributed by atoms with Crippen LogP contribution in [0, 0.1) is 5.92 Å². The Balaban J connectivity index is 1.84. The number of carboxylic acids is 1.